The predicted octanol–water partition coefficient (Wildman–Crippen LogP) is 2.93. The van der Waals surface area contributed by atoms with Gasteiger partial charge in [0.1, 0.15) is 0 Å². The number of likely N-dealkylation sites (tertiary alicyclic amines) is 1. The molecule has 3 heteroatoms. The summed E-state index contributed by atoms with van der Waals surface area (Å²) in [7, 11) is 0. The highest BCUT2D eigenvalue weighted by atomic mass is 16.5. The van der Waals surface area contributed by atoms with Gasteiger partial charge in [-0.05, 0) is 60.4 Å². The van der Waals surface area contributed by atoms with Gasteiger partial charge in [-0.2, -0.15) is 0 Å². The Balaban J connectivity index is 2.35. The van der Waals surface area contributed by atoms with Crippen LogP contribution in [-0.4, -0.2) is 40.8 Å². The Kier molecular flexibility index (Phi) is 4.03. The maximum Gasteiger partial charge on any atom is 0.0830 e. The molecule has 2 atom stereocenters. The van der Waals surface area contributed by atoms with E-state index in [2.05, 4.69) is 39.5 Å². The molecule has 0 radical (unpaired) electrons. The van der Waals surface area contributed by atoms with Crippen molar-refractivity contribution < 1.29 is 4.74 Å². The molecular weight excluding hydrogens is 236 g/mol. The maximum atomic E-state index is 6.36. The fraction of sp³-hybridized carbons (Fsp3) is 1.00. The molecule has 112 valence electrons. The van der Waals surface area contributed by atoms with Crippen LogP contribution < -0.4 is 5.73 Å². The lowest BCUT2D eigenvalue weighted by Crippen LogP contribution is -2.65. The van der Waals surface area contributed by atoms with Crippen molar-refractivity contribution in [1.29, 1.82) is 0 Å². The first-order valence-electron chi connectivity index (χ1n) is 7.91. The molecule has 0 aromatic rings. The minimum absolute atomic E-state index is 0.0136. The van der Waals surface area contributed by atoms with Gasteiger partial charge in [0.15, 0.2) is 0 Å². The van der Waals surface area contributed by atoms with Crippen LogP contribution in [0.5, 0.6) is 0 Å². The summed E-state index contributed by atoms with van der Waals surface area (Å²) in [5.74, 6) is 0. The number of nitrogens with two attached hydrogens (primary N) is 1. The van der Waals surface area contributed by atoms with Gasteiger partial charge >= 0.3 is 0 Å². The molecule has 2 aliphatic rings. The molecule has 19 heavy (non-hydrogen) atoms. The van der Waals surface area contributed by atoms with Crippen LogP contribution in [-0.2, 0) is 4.74 Å². The van der Waals surface area contributed by atoms with Gasteiger partial charge < -0.3 is 10.5 Å². The summed E-state index contributed by atoms with van der Waals surface area (Å²) in [6.07, 6.45) is 6.32. The first kappa shape index (κ1) is 15.3. The molecule has 2 heterocycles. The SMILES string of the molecule is CC1CCCCCN1C1(CN)CC(C)(C)OC1(C)C. The summed E-state index contributed by atoms with van der Waals surface area (Å²) in [4.78, 5) is 2.68. The highest BCUT2D eigenvalue weighted by molar-refractivity contribution is 5.14. The van der Waals surface area contributed by atoms with Gasteiger partial charge in [-0.1, -0.05) is 12.8 Å². The van der Waals surface area contributed by atoms with Crippen molar-refractivity contribution in [3.05, 3.63) is 0 Å². The Morgan fingerprint density at radius 2 is 1.84 bits per heavy atom. The zero-order valence-electron chi connectivity index (χ0n) is 13.5. The molecule has 0 aromatic carbocycles. The summed E-state index contributed by atoms with van der Waals surface area (Å²) in [5, 5.41) is 0. The third kappa shape index (κ3) is 2.57. The molecule has 0 saturated carbocycles. The zero-order chi connectivity index (χ0) is 14.3. The molecule has 0 aromatic heterocycles. The highest BCUT2D eigenvalue weighted by Gasteiger charge is 2.59. The van der Waals surface area contributed by atoms with E-state index in [-0.39, 0.29) is 16.7 Å². The second-order valence-electron chi connectivity index (χ2n) is 7.68. The van der Waals surface area contributed by atoms with Gasteiger partial charge in [0.05, 0.1) is 16.7 Å². The quantitative estimate of drug-likeness (QED) is 0.837. The zero-order valence-corrected chi connectivity index (χ0v) is 13.5. The smallest absolute Gasteiger partial charge is 0.0830 e. The van der Waals surface area contributed by atoms with Crippen LogP contribution in [0, 0.1) is 0 Å². The van der Waals surface area contributed by atoms with Gasteiger partial charge in [0.2, 0.25) is 0 Å². The molecule has 0 bridgehead atoms. The third-order valence-corrected chi connectivity index (χ3v) is 5.31. The van der Waals surface area contributed by atoms with Crippen molar-refractivity contribution >= 4 is 0 Å². The van der Waals surface area contributed by atoms with Gasteiger partial charge in [-0.25, -0.2) is 0 Å². The van der Waals surface area contributed by atoms with E-state index in [1.165, 1.54) is 32.2 Å². The van der Waals surface area contributed by atoms with Crippen molar-refractivity contribution in [2.75, 3.05) is 13.1 Å². The molecular formula is C16H32N2O. The van der Waals surface area contributed by atoms with E-state index in [4.69, 9.17) is 10.5 Å². The van der Waals surface area contributed by atoms with Crippen LogP contribution in [0.1, 0.15) is 66.7 Å². The van der Waals surface area contributed by atoms with Crippen LogP contribution in [0.2, 0.25) is 0 Å². The standard InChI is InChI=1S/C16H32N2O/c1-13-9-7-6-8-10-18(13)16(12-17)11-14(2,3)19-15(16,4)5/h13H,6-12,17H2,1-5H3. The molecule has 2 aliphatic heterocycles. The summed E-state index contributed by atoms with van der Waals surface area (Å²) in [5.41, 5.74) is 6.02. The Hall–Kier alpha value is -0.120. The fourth-order valence-corrected chi connectivity index (χ4v) is 4.53. The minimum atomic E-state index is -0.177. The summed E-state index contributed by atoms with van der Waals surface area (Å²) in [6, 6.07) is 0.614. The largest absolute Gasteiger partial charge is 0.368 e. The normalized spacial score (nSPS) is 39.2. The van der Waals surface area contributed by atoms with Gasteiger partial charge in [-0.3, -0.25) is 4.90 Å². The van der Waals surface area contributed by atoms with Crippen LogP contribution in [0.25, 0.3) is 0 Å². The predicted molar refractivity (Wildman–Crippen MR) is 80.3 cm³/mol. The van der Waals surface area contributed by atoms with Gasteiger partial charge in [0.25, 0.3) is 0 Å². The number of nitrogens with zero attached hydrogens (tertiary/aromatic N) is 1. The third-order valence-electron chi connectivity index (χ3n) is 5.31. The van der Waals surface area contributed by atoms with Gasteiger partial charge in [-0.15, -0.1) is 0 Å². The number of rotatable bonds is 2. The van der Waals surface area contributed by atoms with E-state index in [0.717, 1.165) is 6.42 Å². The molecule has 2 unspecified atom stereocenters. The van der Waals surface area contributed by atoms with E-state index in [9.17, 15) is 0 Å². The average molecular weight is 268 g/mol. The first-order valence-corrected chi connectivity index (χ1v) is 7.91. The van der Waals surface area contributed by atoms with E-state index in [1.807, 2.05) is 0 Å². The number of ether oxygens (including phenoxy) is 1. The van der Waals surface area contributed by atoms with E-state index in [1.54, 1.807) is 0 Å². The Morgan fingerprint density at radius 1 is 1.16 bits per heavy atom. The second-order valence-corrected chi connectivity index (χ2v) is 7.68. The Bertz CT molecular complexity index is 327. The lowest BCUT2D eigenvalue weighted by Gasteiger charge is -2.50. The molecule has 2 saturated heterocycles. The van der Waals surface area contributed by atoms with Crippen molar-refractivity contribution in [3.63, 3.8) is 0 Å². The van der Waals surface area contributed by atoms with Crippen LogP contribution in [0.4, 0.5) is 0 Å². The number of hydrogen-bond donors (Lipinski definition) is 1. The van der Waals surface area contributed by atoms with Crippen molar-refractivity contribution in [2.24, 2.45) is 5.73 Å². The maximum absolute atomic E-state index is 6.36. The summed E-state index contributed by atoms with van der Waals surface area (Å²) >= 11 is 0. The molecule has 2 N–H and O–H groups in total. The van der Waals surface area contributed by atoms with Crippen LogP contribution in [0.15, 0.2) is 0 Å². The van der Waals surface area contributed by atoms with Crippen molar-refractivity contribution in [2.45, 2.75) is 89.5 Å². The highest BCUT2D eigenvalue weighted by Crippen LogP contribution is 2.49. The van der Waals surface area contributed by atoms with Gasteiger partial charge in [0, 0.05) is 12.6 Å². The molecule has 0 aliphatic carbocycles. The lowest BCUT2D eigenvalue weighted by molar-refractivity contribution is -0.110. The monoisotopic (exact) mass is 268 g/mol. The second kappa shape index (κ2) is 5.01. The number of hydrogen-bond acceptors (Lipinski definition) is 3. The van der Waals surface area contributed by atoms with E-state index in [0.29, 0.717) is 12.6 Å². The molecule has 3 nitrogen and oxygen atoms in total. The topological polar surface area (TPSA) is 38.5 Å². The molecule has 2 rings (SSSR count). The van der Waals surface area contributed by atoms with Crippen LogP contribution >= 0.6 is 0 Å². The van der Waals surface area contributed by atoms with E-state index < -0.39 is 0 Å². The molecule has 2 fully saturated rings. The molecule has 0 amide bonds. The Morgan fingerprint density at radius 3 is 2.37 bits per heavy atom. The van der Waals surface area contributed by atoms with Crippen LogP contribution in [0.3, 0.4) is 0 Å². The Labute approximate surface area is 118 Å². The fourth-order valence-electron chi connectivity index (χ4n) is 4.53. The average Bonchev–Trinajstić information content (AvgIpc) is 2.43. The minimum Gasteiger partial charge on any atom is -0.368 e. The summed E-state index contributed by atoms with van der Waals surface area (Å²) in [6.45, 7) is 13.1. The van der Waals surface area contributed by atoms with E-state index >= 15 is 0 Å². The lowest BCUT2D eigenvalue weighted by atomic mass is 9.76. The first-order chi connectivity index (χ1) is 8.74. The molecule has 0 spiro atoms. The summed E-state index contributed by atoms with van der Waals surface area (Å²) < 4.78 is 6.36. The van der Waals surface area contributed by atoms with Crippen molar-refractivity contribution in [3.8, 4) is 0 Å². The van der Waals surface area contributed by atoms with Crippen molar-refractivity contribution in [1.82, 2.24) is 4.90 Å².